The molecule has 1 aromatic heterocycles. The van der Waals surface area contributed by atoms with E-state index < -0.39 is 22.8 Å². The molecule has 1 fully saturated rings. The standard InChI is InChI=1S/C11H15NO4S2/c13-10(14)11(6-2-1-3-7-11)12(18(15)16)9-5-4-8-17-9/h4-5,8H,1-3,6-7H2,(H,13,14)(H,15,16). The third kappa shape index (κ3) is 2.30. The van der Waals surface area contributed by atoms with Gasteiger partial charge in [-0.1, -0.05) is 19.3 Å². The molecule has 0 aromatic carbocycles. The summed E-state index contributed by atoms with van der Waals surface area (Å²) in [7, 11) is 0. The van der Waals surface area contributed by atoms with Gasteiger partial charge in [0, 0.05) is 0 Å². The zero-order valence-corrected chi connectivity index (χ0v) is 11.4. The first kappa shape index (κ1) is 13.5. The Kier molecular flexibility index (Phi) is 4.04. The summed E-state index contributed by atoms with van der Waals surface area (Å²) in [6, 6.07) is 3.43. The van der Waals surface area contributed by atoms with E-state index in [4.69, 9.17) is 0 Å². The van der Waals surface area contributed by atoms with Gasteiger partial charge in [-0.25, -0.2) is 13.3 Å². The van der Waals surface area contributed by atoms with E-state index in [1.54, 1.807) is 17.5 Å². The van der Waals surface area contributed by atoms with Crippen molar-refractivity contribution in [1.29, 1.82) is 0 Å². The van der Waals surface area contributed by atoms with Crippen LogP contribution >= 0.6 is 11.3 Å². The van der Waals surface area contributed by atoms with Gasteiger partial charge >= 0.3 is 5.97 Å². The number of rotatable bonds is 4. The molecule has 2 N–H and O–H groups in total. The van der Waals surface area contributed by atoms with Crippen LogP contribution in [0.15, 0.2) is 17.5 Å². The second-order valence-corrected chi connectivity index (χ2v) is 6.13. The van der Waals surface area contributed by atoms with E-state index in [1.165, 1.54) is 11.3 Å². The molecule has 7 heteroatoms. The average molecular weight is 289 g/mol. The van der Waals surface area contributed by atoms with Crippen LogP contribution in [-0.2, 0) is 16.1 Å². The van der Waals surface area contributed by atoms with Crippen LogP contribution in [0.25, 0.3) is 0 Å². The largest absolute Gasteiger partial charge is 0.479 e. The number of nitrogens with zero attached hydrogens (tertiary/aromatic N) is 1. The smallest absolute Gasteiger partial charge is 0.330 e. The SMILES string of the molecule is O=C(O)C1(N(c2cccs2)S(=O)O)CCCCC1. The Balaban J connectivity index is 2.44. The Morgan fingerprint density at radius 1 is 1.39 bits per heavy atom. The summed E-state index contributed by atoms with van der Waals surface area (Å²) in [6.07, 6.45) is 3.33. The number of hydrogen-bond donors (Lipinski definition) is 2. The summed E-state index contributed by atoms with van der Waals surface area (Å²) in [5.41, 5.74) is -1.25. The highest BCUT2D eigenvalue weighted by Crippen LogP contribution is 2.39. The van der Waals surface area contributed by atoms with Crippen LogP contribution in [0.1, 0.15) is 32.1 Å². The summed E-state index contributed by atoms with van der Waals surface area (Å²) >= 11 is -1.05. The lowest BCUT2D eigenvalue weighted by atomic mass is 9.81. The van der Waals surface area contributed by atoms with Crippen molar-refractivity contribution in [2.24, 2.45) is 0 Å². The van der Waals surface area contributed by atoms with E-state index in [1.807, 2.05) is 0 Å². The lowest BCUT2D eigenvalue weighted by Gasteiger charge is -2.40. The molecular formula is C11H15NO4S2. The van der Waals surface area contributed by atoms with Gasteiger partial charge in [0.15, 0.2) is 5.54 Å². The van der Waals surface area contributed by atoms with Crippen LogP contribution in [0.2, 0.25) is 0 Å². The maximum absolute atomic E-state index is 11.6. The van der Waals surface area contributed by atoms with Crippen molar-refractivity contribution >= 4 is 33.6 Å². The molecule has 0 amide bonds. The molecule has 0 aliphatic heterocycles. The molecule has 0 radical (unpaired) electrons. The Morgan fingerprint density at radius 3 is 2.50 bits per heavy atom. The van der Waals surface area contributed by atoms with Crippen molar-refractivity contribution in [2.75, 3.05) is 4.31 Å². The predicted octanol–water partition coefficient (Wildman–Crippen LogP) is 2.48. The van der Waals surface area contributed by atoms with Crippen LogP contribution in [0, 0.1) is 0 Å². The van der Waals surface area contributed by atoms with Crippen molar-refractivity contribution < 1.29 is 18.7 Å². The van der Waals surface area contributed by atoms with Crippen molar-refractivity contribution in [1.82, 2.24) is 0 Å². The summed E-state index contributed by atoms with van der Waals surface area (Å²) in [6.45, 7) is 0. The monoisotopic (exact) mass is 289 g/mol. The number of carboxylic acid groups (broad SMARTS) is 1. The van der Waals surface area contributed by atoms with Crippen molar-refractivity contribution in [3.05, 3.63) is 17.5 Å². The van der Waals surface area contributed by atoms with Crippen LogP contribution in [0.4, 0.5) is 5.00 Å². The molecule has 1 aliphatic rings. The van der Waals surface area contributed by atoms with Gasteiger partial charge in [0.25, 0.3) is 11.3 Å². The predicted molar refractivity (Wildman–Crippen MR) is 71.0 cm³/mol. The van der Waals surface area contributed by atoms with E-state index in [2.05, 4.69) is 0 Å². The molecule has 100 valence electrons. The topological polar surface area (TPSA) is 77.8 Å². The molecule has 1 unspecified atom stereocenters. The third-order valence-electron chi connectivity index (χ3n) is 3.33. The Hall–Kier alpha value is -0.920. The molecule has 0 spiro atoms. The number of carboxylic acids is 1. The molecule has 5 nitrogen and oxygen atoms in total. The fraction of sp³-hybridized carbons (Fsp3) is 0.545. The Morgan fingerprint density at radius 2 is 2.06 bits per heavy atom. The number of carbonyl (C=O) groups is 1. The van der Waals surface area contributed by atoms with Gasteiger partial charge in [0.05, 0.1) is 0 Å². The molecule has 1 heterocycles. The minimum absolute atomic E-state index is 0.409. The summed E-state index contributed by atoms with van der Waals surface area (Å²) in [5.74, 6) is -1.02. The van der Waals surface area contributed by atoms with Gasteiger partial charge < -0.3 is 5.11 Å². The van der Waals surface area contributed by atoms with E-state index in [0.29, 0.717) is 17.8 Å². The molecule has 0 saturated heterocycles. The lowest BCUT2D eigenvalue weighted by molar-refractivity contribution is -0.144. The number of anilines is 1. The molecule has 1 saturated carbocycles. The van der Waals surface area contributed by atoms with Crippen molar-refractivity contribution in [2.45, 2.75) is 37.6 Å². The van der Waals surface area contributed by atoms with E-state index in [0.717, 1.165) is 23.6 Å². The van der Waals surface area contributed by atoms with Crippen molar-refractivity contribution in [3.63, 3.8) is 0 Å². The molecular weight excluding hydrogens is 274 g/mol. The van der Waals surface area contributed by atoms with Gasteiger partial charge in [-0.3, -0.25) is 4.55 Å². The maximum atomic E-state index is 11.6. The third-order valence-corrected chi connectivity index (χ3v) is 5.16. The normalized spacial score (nSPS) is 20.3. The fourth-order valence-corrected chi connectivity index (χ4v) is 4.28. The quantitative estimate of drug-likeness (QED) is 0.835. The molecule has 1 atom stereocenters. The fourth-order valence-electron chi connectivity index (χ4n) is 2.46. The molecule has 18 heavy (non-hydrogen) atoms. The van der Waals surface area contributed by atoms with E-state index in [9.17, 15) is 18.7 Å². The number of thiophene rings is 1. The van der Waals surface area contributed by atoms with Crippen molar-refractivity contribution in [3.8, 4) is 0 Å². The summed E-state index contributed by atoms with van der Waals surface area (Å²) in [4.78, 5) is 11.6. The first-order valence-corrected chi connectivity index (χ1v) is 7.70. The van der Waals surface area contributed by atoms with Crippen LogP contribution < -0.4 is 4.31 Å². The summed E-state index contributed by atoms with van der Waals surface area (Å²) in [5, 5.41) is 11.8. The average Bonchev–Trinajstić information content (AvgIpc) is 2.83. The van der Waals surface area contributed by atoms with E-state index in [-0.39, 0.29) is 0 Å². The lowest BCUT2D eigenvalue weighted by Crippen LogP contribution is -2.56. The molecule has 1 aliphatic carbocycles. The van der Waals surface area contributed by atoms with Gasteiger partial charge in [0.2, 0.25) is 0 Å². The maximum Gasteiger partial charge on any atom is 0.330 e. The van der Waals surface area contributed by atoms with Crippen LogP contribution in [0.5, 0.6) is 0 Å². The zero-order valence-electron chi connectivity index (χ0n) is 9.74. The highest BCUT2D eigenvalue weighted by atomic mass is 32.2. The second-order valence-electron chi connectivity index (χ2n) is 4.37. The summed E-state index contributed by atoms with van der Waals surface area (Å²) < 4.78 is 22.2. The van der Waals surface area contributed by atoms with Gasteiger partial charge in [-0.2, -0.15) is 0 Å². The molecule has 1 aromatic rings. The van der Waals surface area contributed by atoms with Gasteiger partial charge in [0.1, 0.15) is 5.00 Å². The molecule has 0 bridgehead atoms. The molecule has 2 rings (SSSR count). The zero-order chi connectivity index (χ0) is 13.2. The minimum Gasteiger partial charge on any atom is -0.479 e. The van der Waals surface area contributed by atoms with Gasteiger partial charge in [-0.05, 0) is 30.4 Å². The van der Waals surface area contributed by atoms with E-state index >= 15 is 0 Å². The first-order valence-electron chi connectivity index (χ1n) is 5.76. The number of hydrogen-bond acceptors (Lipinski definition) is 3. The Bertz CT molecular complexity index is 440. The first-order chi connectivity index (χ1) is 8.58. The highest BCUT2D eigenvalue weighted by Gasteiger charge is 2.48. The second kappa shape index (κ2) is 5.38. The van der Waals surface area contributed by atoms with Crippen LogP contribution in [-0.4, -0.2) is 25.4 Å². The highest BCUT2D eigenvalue weighted by molar-refractivity contribution is 7.81. The van der Waals surface area contributed by atoms with Gasteiger partial charge in [-0.15, -0.1) is 11.3 Å². The van der Waals surface area contributed by atoms with Crippen LogP contribution in [0.3, 0.4) is 0 Å². The number of aliphatic carboxylic acids is 1. The Labute approximate surface area is 112 Å². The minimum atomic E-state index is -2.33.